The van der Waals surface area contributed by atoms with E-state index in [-0.39, 0.29) is 23.7 Å². The lowest BCUT2D eigenvalue weighted by atomic mass is 10.1. The minimum absolute atomic E-state index is 0.206. The molecule has 2 aromatic rings. The summed E-state index contributed by atoms with van der Waals surface area (Å²) in [5.41, 5.74) is 1.30. The number of hydrogen-bond donors (Lipinski definition) is 2. The van der Waals surface area contributed by atoms with E-state index in [1.165, 1.54) is 0 Å². The second-order valence-corrected chi connectivity index (χ2v) is 6.58. The summed E-state index contributed by atoms with van der Waals surface area (Å²) < 4.78 is 5.02. The Labute approximate surface area is 164 Å². The quantitative estimate of drug-likeness (QED) is 0.795. The maximum Gasteiger partial charge on any atom is 0.409 e. The number of aromatic nitrogens is 2. The first-order valence-electron chi connectivity index (χ1n) is 9.50. The zero-order valence-corrected chi connectivity index (χ0v) is 15.9. The molecule has 2 amide bonds. The van der Waals surface area contributed by atoms with Gasteiger partial charge in [-0.3, -0.25) is 4.79 Å². The van der Waals surface area contributed by atoms with E-state index in [2.05, 4.69) is 20.8 Å². The van der Waals surface area contributed by atoms with Crippen molar-refractivity contribution < 1.29 is 14.3 Å². The van der Waals surface area contributed by atoms with Crippen LogP contribution in [0.25, 0.3) is 0 Å². The van der Waals surface area contributed by atoms with Gasteiger partial charge in [0, 0.05) is 25.7 Å². The zero-order chi connectivity index (χ0) is 19.8. The standard InChI is InChI=1S/C20H25N5O3/c1-2-28-20(27)25-12-10-16(11-13-25)22-18-9-8-17(23-24-18)19(26)21-14-15-6-4-3-5-7-15/h3-9,16H,2,10-14H2,1H3,(H,21,26)(H,22,24). The van der Waals surface area contributed by atoms with Gasteiger partial charge in [-0.25, -0.2) is 4.79 Å². The average Bonchev–Trinajstić information content (AvgIpc) is 2.74. The van der Waals surface area contributed by atoms with E-state index in [0.717, 1.165) is 18.4 Å². The fourth-order valence-electron chi connectivity index (χ4n) is 3.03. The number of nitrogens with zero attached hydrogens (tertiary/aromatic N) is 3. The van der Waals surface area contributed by atoms with Crippen LogP contribution in [0.2, 0.25) is 0 Å². The number of piperidine rings is 1. The average molecular weight is 383 g/mol. The van der Waals surface area contributed by atoms with Gasteiger partial charge in [-0.15, -0.1) is 10.2 Å². The van der Waals surface area contributed by atoms with Crippen molar-refractivity contribution in [2.24, 2.45) is 0 Å². The predicted octanol–water partition coefficient (Wildman–Crippen LogP) is 2.44. The summed E-state index contributed by atoms with van der Waals surface area (Å²) in [7, 11) is 0. The number of carbonyl (C=O) groups is 2. The minimum atomic E-state index is -0.259. The van der Waals surface area contributed by atoms with Gasteiger partial charge in [-0.1, -0.05) is 30.3 Å². The molecular weight excluding hydrogens is 358 g/mol. The van der Waals surface area contributed by atoms with Crippen molar-refractivity contribution in [2.45, 2.75) is 32.4 Å². The molecule has 1 aliphatic rings. The molecule has 28 heavy (non-hydrogen) atoms. The molecule has 2 N–H and O–H groups in total. The normalized spacial score (nSPS) is 14.4. The summed E-state index contributed by atoms with van der Waals surface area (Å²) in [6.45, 7) is 3.92. The first-order chi connectivity index (χ1) is 13.7. The van der Waals surface area contributed by atoms with E-state index in [9.17, 15) is 9.59 Å². The summed E-state index contributed by atoms with van der Waals surface area (Å²) in [5.74, 6) is 0.361. The number of benzene rings is 1. The van der Waals surface area contributed by atoms with Gasteiger partial charge in [-0.2, -0.15) is 0 Å². The Bertz CT molecular complexity index is 774. The monoisotopic (exact) mass is 383 g/mol. The van der Waals surface area contributed by atoms with Crippen molar-refractivity contribution in [3.8, 4) is 0 Å². The SMILES string of the molecule is CCOC(=O)N1CCC(Nc2ccc(C(=O)NCc3ccccc3)nn2)CC1. The number of carbonyl (C=O) groups excluding carboxylic acids is 2. The molecule has 1 fully saturated rings. The molecule has 1 aromatic carbocycles. The summed E-state index contributed by atoms with van der Waals surface area (Å²) in [6, 6.07) is 13.3. The highest BCUT2D eigenvalue weighted by Gasteiger charge is 2.23. The van der Waals surface area contributed by atoms with E-state index in [1.54, 1.807) is 24.0 Å². The molecule has 0 spiro atoms. The molecule has 1 aliphatic heterocycles. The van der Waals surface area contributed by atoms with Crippen LogP contribution in [0, 0.1) is 0 Å². The number of hydrogen-bond acceptors (Lipinski definition) is 6. The Kier molecular flexibility index (Phi) is 6.78. The van der Waals surface area contributed by atoms with Crippen LogP contribution in [0.3, 0.4) is 0 Å². The van der Waals surface area contributed by atoms with Gasteiger partial charge < -0.3 is 20.3 Å². The van der Waals surface area contributed by atoms with E-state index < -0.39 is 0 Å². The van der Waals surface area contributed by atoms with Gasteiger partial charge in [0.25, 0.3) is 5.91 Å². The molecule has 0 aliphatic carbocycles. The largest absolute Gasteiger partial charge is 0.450 e. The number of rotatable bonds is 6. The Balaban J connectivity index is 1.45. The lowest BCUT2D eigenvalue weighted by molar-refractivity contribution is 0.0944. The highest BCUT2D eigenvalue weighted by atomic mass is 16.6. The molecule has 0 atom stereocenters. The van der Waals surface area contributed by atoms with Gasteiger partial charge in [0.1, 0.15) is 5.82 Å². The van der Waals surface area contributed by atoms with Gasteiger partial charge >= 0.3 is 6.09 Å². The first-order valence-corrected chi connectivity index (χ1v) is 9.50. The van der Waals surface area contributed by atoms with Crippen LogP contribution in [0.5, 0.6) is 0 Å². The highest BCUT2D eigenvalue weighted by molar-refractivity contribution is 5.92. The van der Waals surface area contributed by atoms with Crippen LogP contribution in [-0.2, 0) is 11.3 Å². The summed E-state index contributed by atoms with van der Waals surface area (Å²) in [5, 5.41) is 14.3. The maximum atomic E-state index is 12.2. The molecule has 1 saturated heterocycles. The highest BCUT2D eigenvalue weighted by Crippen LogP contribution is 2.15. The van der Waals surface area contributed by atoms with Crippen LogP contribution in [0.4, 0.5) is 10.6 Å². The predicted molar refractivity (Wildman–Crippen MR) is 105 cm³/mol. The summed E-state index contributed by atoms with van der Waals surface area (Å²) in [6.07, 6.45) is 1.35. The molecule has 148 valence electrons. The number of amides is 2. The second kappa shape index (κ2) is 9.68. The summed E-state index contributed by atoms with van der Waals surface area (Å²) in [4.78, 5) is 25.6. The van der Waals surface area contributed by atoms with E-state index in [0.29, 0.717) is 32.1 Å². The van der Waals surface area contributed by atoms with E-state index in [4.69, 9.17) is 4.74 Å². The number of ether oxygens (including phenoxy) is 1. The van der Waals surface area contributed by atoms with Crippen molar-refractivity contribution >= 4 is 17.8 Å². The number of nitrogens with one attached hydrogen (secondary N) is 2. The minimum Gasteiger partial charge on any atom is -0.450 e. The van der Waals surface area contributed by atoms with Gasteiger partial charge in [0.05, 0.1) is 6.61 Å². The topological polar surface area (TPSA) is 96.5 Å². The van der Waals surface area contributed by atoms with Crippen molar-refractivity contribution in [2.75, 3.05) is 25.0 Å². The fraction of sp³-hybridized carbons (Fsp3) is 0.400. The van der Waals surface area contributed by atoms with Crippen LogP contribution >= 0.6 is 0 Å². The Morgan fingerprint density at radius 1 is 1.11 bits per heavy atom. The van der Waals surface area contributed by atoms with Crippen molar-refractivity contribution in [1.29, 1.82) is 0 Å². The van der Waals surface area contributed by atoms with Gasteiger partial charge in [0.15, 0.2) is 5.69 Å². The molecule has 8 nitrogen and oxygen atoms in total. The van der Waals surface area contributed by atoms with Gasteiger partial charge in [-0.05, 0) is 37.5 Å². The van der Waals surface area contributed by atoms with Crippen molar-refractivity contribution in [3.05, 3.63) is 53.7 Å². The first kappa shape index (κ1) is 19.6. The number of likely N-dealkylation sites (tertiary alicyclic amines) is 1. The van der Waals surface area contributed by atoms with Crippen molar-refractivity contribution in [1.82, 2.24) is 20.4 Å². The van der Waals surface area contributed by atoms with Crippen LogP contribution < -0.4 is 10.6 Å². The van der Waals surface area contributed by atoms with Crippen molar-refractivity contribution in [3.63, 3.8) is 0 Å². The van der Waals surface area contributed by atoms with Crippen LogP contribution in [0.1, 0.15) is 35.8 Å². The molecule has 2 heterocycles. The lowest BCUT2D eigenvalue weighted by Gasteiger charge is -2.31. The lowest BCUT2D eigenvalue weighted by Crippen LogP contribution is -2.42. The van der Waals surface area contributed by atoms with E-state index >= 15 is 0 Å². The molecular formula is C20H25N5O3. The third kappa shape index (κ3) is 5.42. The Morgan fingerprint density at radius 3 is 2.50 bits per heavy atom. The maximum absolute atomic E-state index is 12.2. The zero-order valence-electron chi connectivity index (χ0n) is 15.9. The molecule has 0 radical (unpaired) electrons. The smallest absolute Gasteiger partial charge is 0.409 e. The third-order valence-corrected chi connectivity index (χ3v) is 4.57. The van der Waals surface area contributed by atoms with Gasteiger partial charge in [0.2, 0.25) is 0 Å². The molecule has 0 unspecified atom stereocenters. The van der Waals surface area contributed by atoms with E-state index in [1.807, 2.05) is 30.3 Å². The molecule has 8 heteroatoms. The van der Waals surface area contributed by atoms with Crippen LogP contribution in [0.15, 0.2) is 42.5 Å². The molecule has 1 aromatic heterocycles. The fourth-order valence-corrected chi connectivity index (χ4v) is 3.03. The molecule has 3 rings (SSSR count). The Hall–Kier alpha value is -3.16. The molecule has 0 saturated carbocycles. The summed E-state index contributed by atoms with van der Waals surface area (Å²) >= 11 is 0. The second-order valence-electron chi connectivity index (χ2n) is 6.58. The third-order valence-electron chi connectivity index (χ3n) is 4.57. The number of anilines is 1. The molecule has 0 bridgehead atoms. The van der Waals surface area contributed by atoms with Crippen LogP contribution in [-0.4, -0.2) is 52.8 Å². The Morgan fingerprint density at radius 2 is 1.86 bits per heavy atom.